The minimum Gasteiger partial charge on any atom is -0.336 e. The molecule has 5 nitrogen and oxygen atoms in total. The van der Waals surface area contributed by atoms with Crippen LogP contribution in [0.25, 0.3) is 0 Å². The van der Waals surface area contributed by atoms with Gasteiger partial charge in [0, 0.05) is 31.1 Å². The molecule has 0 aliphatic carbocycles. The van der Waals surface area contributed by atoms with Crippen molar-refractivity contribution in [3.8, 4) is 0 Å². The number of likely N-dealkylation sites (tertiary alicyclic amines) is 1. The van der Waals surface area contributed by atoms with Crippen LogP contribution in [0.2, 0.25) is 0 Å². The molecule has 1 aromatic rings. The Morgan fingerprint density at radius 1 is 1.28 bits per heavy atom. The molecule has 1 aliphatic heterocycles. The summed E-state index contributed by atoms with van der Waals surface area (Å²) < 4.78 is 0. The number of rotatable bonds is 9. The van der Waals surface area contributed by atoms with E-state index in [1.807, 2.05) is 19.0 Å². The Kier molecular flexibility index (Phi) is 8.19. The van der Waals surface area contributed by atoms with Gasteiger partial charge in [0.05, 0.1) is 6.04 Å². The lowest BCUT2D eigenvalue weighted by molar-refractivity contribution is 0.177. The predicted octanol–water partition coefficient (Wildman–Crippen LogP) is 3.11. The van der Waals surface area contributed by atoms with Crippen LogP contribution in [0.5, 0.6) is 0 Å². The molecule has 1 atom stereocenters. The second kappa shape index (κ2) is 10.1. The maximum absolute atomic E-state index is 12.8. The number of nitrogens with one attached hydrogen (secondary N) is 1. The lowest BCUT2D eigenvalue weighted by Crippen LogP contribution is -2.47. The van der Waals surface area contributed by atoms with Crippen molar-refractivity contribution in [2.45, 2.75) is 32.7 Å². The first-order valence-electron chi connectivity index (χ1n) is 9.42. The van der Waals surface area contributed by atoms with E-state index in [1.54, 1.807) is 11.3 Å². The van der Waals surface area contributed by atoms with E-state index in [2.05, 4.69) is 46.5 Å². The summed E-state index contributed by atoms with van der Waals surface area (Å²) in [5.74, 6) is 0.472. The number of hydrogen-bond donors (Lipinski definition) is 1. The molecule has 2 heterocycles. The molecule has 1 aliphatic rings. The Labute approximate surface area is 157 Å². The van der Waals surface area contributed by atoms with E-state index in [1.165, 1.54) is 17.7 Å². The topological polar surface area (TPSA) is 38.8 Å². The van der Waals surface area contributed by atoms with Crippen LogP contribution in [0.4, 0.5) is 4.79 Å². The molecule has 6 heteroatoms. The van der Waals surface area contributed by atoms with Crippen LogP contribution in [0, 0.1) is 5.92 Å². The maximum Gasteiger partial charge on any atom is 0.317 e. The summed E-state index contributed by atoms with van der Waals surface area (Å²) in [7, 11) is 4.09. The van der Waals surface area contributed by atoms with Crippen LogP contribution < -0.4 is 5.32 Å². The molecule has 2 rings (SSSR count). The first-order valence-corrected chi connectivity index (χ1v) is 10.3. The quantitative estimate of drug-likeness (QED) is 0.730. The molecule has 0 aromatic carbocycles. The highest BCUT2D eigenvalue weighted by atomic mass is 32.1. The number of likely N-dealkylation sites (N-methyl/N-ethyl adjacent to an activating group) is 1. The van der Waals surface area contributed by atoms with Crippen molar-refractivity contribution in [2.75, 3.05) is 53.4 Å². The Bertz CT molecular complexity index is 498. The fourth-order valence-corrected chi connectivity index (χ4v) is 4.14. The van der Waals surface area contributed by atoms with E-state index in [0.29, 0.717) is 18.5 Å². The standard InChI is InChI=1S/C19H34N4OS/c1-16(2)15-23(12-11-21(3)4)19(24)20-14-17(18-8-7-13-25-18)22-9-5-6-10-22/h7-8,13,16-17H,5-6,9-12,14-15H2,1-4H3,(H,20,24). The van der Waals surface area contributed by atoms with Crippen molar-refractivity contribution in [3.63, 3.8) is 0 Å². The monoisotopic (exact) mass is 366 g/mol. The number of hydrogen-bond acceptors (Lipinski definition) is 4. The van der Waals surface area contributed by atoms with E-state index in [0.717, 1.165) is 32.7 Å². The van der Waals surface area contributed by atoms with E-state index in [9.17, 15) is 4.79 Å². The number of amides is 2. The molecule has 1 N–H and O–H groups in total. The van der Waals surface area contributed by atoms with Crippen LogP contribution in [-0.4, -0.2) is 74.1 Å². The van der Waals surface area contributed by atoms with Gasteiger partial charge in [-0.3, -0.25) is 4.90 Å². The molecule has 1 unspecified atom stereocenters. The lowest BCUT2D eigenvalue weighted by atomic mass is 10.2. The van der Waals surface area contributed by atoms with Crippen molar-refractivity contribution < 1.29 is 4.79 Å². The molecule has 142 valence electrons. The average Bonchev–Trinajstić information content (AvgIpc) is 3.24. The minimum absolute atomic E-state index is 0.0660. The summed E-state index contributed by atoms with van der Waals surface area (Å²) in [6.45, 7) is 9.74. The zero-order chi connectivity index (χ0) is 18.2. The van der Waals surface area contributed by atoms with Crippen molar-refractivity contribution >= 4 is 17.4 Å². The molecule has 25 heavy (non-hydrogen) atoms. The fourth-order valence-electron chi connectivity index (χ4n) is 3.28. The fraction of sp³-hybridized carbons (Fsp3) is 0.737. The molecule has 0 saturated carbocycles. The molecular formula is C19H34N4OS. The molecule has 0 spiro atoms. The van der Waals surface area contributed by atoms with E-state index < -0.39 is 0 Å². The van der Waals surface area contributed by atoms with Gasteiger partial charge < -0.3 is 15.1 Å². The highest BCUT2D eigenvalue weighted by Crippen LogP contribution is 2.27. The van der Waals surface area contributed by atoms with Crippen LogP contribution >= 0.6 is 11.3 Å². The predicted molar refractivity (Wildman–Crippen MR) is 106 cm³/mol. The number of thiophene rings is 1. The van der Waals surface area contributed by atoms with Crippen LogP contribution in [0.1, 0.15) is 37.6 Å². The first-order chi connectivity index (χ1) is 12.0. The van der Waals surface area contributed by atoms with Crippen molar-refractivity contribution in [3.05, 3.63) is 22.4 Å². The zero-order valence-corrected chi connectivity index (χ0v) is 17.0. The van der Waals surface area contributed by atoms with Crippen molar-refractivity contribution in [2.24, 2.45) is 5.92 Å². The molecule has 1 aromatic heterocycles. The largest absolute Gasteiger partial charge is 0.336 e. The summed E-state index contributed by atoms with van der Waals surface area (Å²) in [5, 5.41) is 5.34. The van der Waals surface area contributed by atoms with Gasteiger partial charge in [0.2, 0.25) is 0 Å². The molecule has 0 bridgehead atoms. The number of nitrogens with zero attached hydrogens (tertiary/aromatic N) is 3. The second-order valence-corrected chi connectivity index (χ2v) is 8.58. The highest BCUT2D eigenvalue weighted by molar-refractivity contribution is 7.10. The van der Waals surface area contributed by atoms with Gasteiger partial charge >= 0.3 is 6.03 Å². The van der Waals surface area contributed by atoms with Gasteiger partial charge in [-0.25, -0.2) is 4.79 Å². The molecule has 0 radical (unpaired) electrons. The maximum atomic E-state index is 12.8. The molecule has 1 saturated heterocycles. The van der Waals surface area contributed by atoms with Gasteiger partial charge in [0.1, 0.15) is 0 Å². The number of urea groups is 1. The molecule has 2 amide bonds. The smallest absolute Gasteiger partial charge is 0.317 e. The Balaban J connectivity index is 1.95. The number of carbonyl (C=O) groups excluding carboxylic acids is 1. The third-order valence-corrected chi connectivity index (χ3v) is 5.56. The molecule has 1 fully saturated rings. The SMILES string of the molecule is CC(C)CN(CCN(C)C)C(=O)NCC(c1cccs1)N1CCCC1. The summed E-state index contributed by atoms with van der Waals surface area (Å²) in [6.07, 6.45) is 2.52. The third-order valence-electron chi connectivity index (χ3n) is 4.59. The second-order valence-electron chi connectivity index (χ2n) is 7.60. The van der Waals surface area contributed by atoms with Gasteiger partial charge in [0.25, 0.3) is 0 Å². The normalized spacial score (nSPS) is 16.6. The minimum atomic E-state index is 0.0660. The van der Waals surface area contributed by atoms with Crippen LogP contribution in [0.15, 0.2) is 17.5 Å². The van der Waals surface area contributed by atoms with E-state index >= 15 is 0 Å². The summed E-state index contributed by atoms with van der Waals surface area (Å²) in [6, 6.07) is 4.67. The molecular weight excluding hydrogens is 332 g/mol. The van der Waals surface area contributed by atoms with Gasteiger partial charge in [-0.1, -0.05) is 19.9 Å². The zero-order valence-electron chi connectivity index (χ0n) is 16.2. The van der Waals surface area contributed by atoms with Crippen molar-refractivity contribution in [1.82, 2.24) is 20.0 Å². The first kappa shape index (κ1) is 20.2. The summed E-state index contributed by atoms with van der Waals surface area (Å²) in [5.41, 5.74) is 0. The Hall–Kier alpha value is -1.11. The van der Waals surface area contributed by atoms with Crippen LogP contribution in [0.3, 0.4) is 0 Å². The van der Waals surface area contributed by atoms with E-state index in [-0.39, 0.29) is 6.03 Å². The van der Waals surface area contributed by atoms with Gasteiger partial charge in [0.15, 0.2) is 0 Å². The van der Waals surface area contributed by atoms with Gasteiger partial charge in [-0.05, 0) is 57.4 Å². The Morgan fingerprint density at radius 3 is 2.56 bits per heavy atom. The van der Waals surface area contributed by atoms with Crippen molar-refractivity contribution in [1.29, 1.82) is 0 Å². The average molecular weight is 367 g/mol. The van der Waals surface area contributed by atoms with Gasteiger partial charge in [-0.15, -0.1) is 11.3 Å². The highest BCUT2D eigenvalue weighted by Gasteiger charge is 2.25. The van der Waals surface area contributed by atoms with Crippen LogP contribution in [-0.2, 0) is 0 Å². The summed E-state index contributed by atoms with van der Waals surface area (Å²) in [4.78, 5) is 20.7. The Morgan fingerprint density at radius 2 is 2.00 bits per heavy atom. The summed E-state index contributed by atoms with van der Waals surface area (Å²) >= 11 is 1.79. The third kappa shape index (κ3) is 6.60. The van der Waals surface area contributed by atoms with Gasteiger partial charge in [-0.2, -0.15) is 0 Å². The number of carbonyl (C=O) groups is 1. The lowest BCUT2D eigenvalue weighted by Gasteiger charge is -2.30. The van der Waals surface area contributed by atoms with E-state index in [4.69, 9.17) is 0 Å².